The average Bonchev–Trinajstić information content (AvgIpc) is 2.39. The molecule has 19 heavy (non-hydrogen) atoms. The van der Waals surface area contributed by atoms with Crippen LogP contribution in [0.1, 0.15) is 24.3 Å². The minimum Gasteiger partial charge on any atom is -0.395 e. The number of nitrogens with zero attached hydrogens (tertiary/aromatic N) is 1. The molecule has 2 N–H and O–H groups in total. The van der Waals surface area contributed by atoms with Gasteiger partial charge in [-0.15, -0.1) is 0 Å². The number of rotatable bonds is 2. The molecule has 0 aromatic heterocycles. The van der Waals surface area contributed by atoms with Gasteiger partial charge in [-0.2, -0.15) is 0 Å². The lowest BCUT2D eigenvalue weighted by atomic mass is 9.74. The van der Waals surface area contributed by atoms with Crippen molar-refractivity contribution in [2.45, 2.75) is 30.8 Å². The highest BCUT2D eigenvalue weighted by Crippen LogP contribution is 2.41. The van der Waals surface area contributed by atoms with Gasteiger partial charge in [0, 0.05) is 29.0 Å². The minimum atomic E-state index is 0.261. The summed E-state index contributed by atoms with van der Waals surface area (Å²) >= 11 is 3.49. The van der Waals surface area contributed by atoms with Gasteiger partial charge in [0.15, 0.2) is 0 Å². The molecule has 104 valence electrons. The first-order valence-electron chi connectivity index (χ1n) is 7.14. The van der Waals surface area contributed by atoms with Crippen molar-refractivity contribution >= 4 is 15.9 Å². The van der Waals surface area contributed by atoms with Crippen LogP contribution in [-0.4, -0.2) is 48.3 Å². The monoisotopic (exact) mass is 324 g/mol. The molecule has 0 bridgehead atoms. The van der Waals surface area contributed by atoms with E-state index in [0.29, 0.717) is 18.0 Å². The number of aliphatic hydroxyl groups excluding tert-OH is 1. The van der Waals surface area contributed by atoms with Gasteiger partial charge in [0.1, 0.15) is 0 Å². The largest absolute Gasteiger partial charge is 0.395 e. The van der Waals surface area contributed by atoms with E-state index in [-0.39, 0.29) is 6.61 Å². The summed E-state index contributed by atoms with van der Waals surface area (Å²) < 4.78 is 1.11. The second-order valence-corrected chi connectivity index (χ2v) is 6.46. The zero-order valence-electron chi connectivity index (χ0n) is 11.1. The Hall–Kier alpha value is -0.420. The predicted octanol–water partition coefficient (Wildman–Crippen LogP) is 1.96. The Bertz CT molecular complexity index is 423. The maximum absolute atomic E-state index is 9.70. The van der Waals surface area contributed by atoms with E-state index in [0.717, 1.165) is 24.1 Å². The van der Waals surface area contributed by atoms with Crippen molar-refractivity contribution in [3.8, 4) is 0 Å². The molecule has 0 radical (unpaired) electrons. The summed E-state index contributed by atoms with van der Waals surface area (Å²) in [6.45, 7) is 3.56. The quantitative estimate of drug-likeness (QED) is 0.873. The molecule has 4 heteroatoms. The van der Waals surface area contributed by atoms with E-state index in [1.54, 1.807) is 0 Å². The summed E-state index contributed by atoms with van der Waals surface area (Å²) in [5, 5.41) is 13.2. The lowest BCUT2D eigenvalue weighted by Gasteiger charge is -2.56. The summed E-state index contributed by atoms with van der Waals surface area (Å²) in [5.41, 5.74) is 1.35. The molecule has 0 saturated carbocycles. The molecule has 3 rings (SSSR count). The number of aliphatic hydroxyl groups is 1. The fourth-order valence-corrected chi connectivity index (χ4v) is 3.80. The van der Waals surface area contributed by atoms with Crippen LogP contribution in [0.15, 0.2) is 28.7 Å². The molecule has 0 amide bonds. The van der Waals surface area contributed by atoms with Crippen molar-refractivity contribution in [2.24, 2.45) is 0 Å². The Morgan fingerprint density at radius 3 is 2.79 bits per heavy atom. The highest BCUT2D eigenvalue weighted by molar-refractivity contribution is 9.10. The molecule has 2 fully saturated rings. The van der Waals surface area contributed by atoms with Gasteiger partial charge in [-0.05, 0) is 43.6 Å². The van der Waals surface area contributed by atoms with E-state index in [1.807, 2.05) is 0 Å². The van der Waals surface area contributed by atoms with Crippen LogP contribution in [0.3, 0.4) is 0 Å². The van der Waals surface area contributed by atoms with Gasteiger partial charge in [0.05, 0.1) is 6.61 Å². The van der Waals surface area contributed by atoms with Crippen molar-refractivity contribution in [1.82, 2.24) is 10.2 Å². The molecule has 0 unspecified atom stereocenters. The van der Waals surface area contributed by atoms with Gasteiger partial charge < -0.3 is 10.4 Å². The molecule has 2 aliphatic rings. The Kier molecular flexibility index (Phi) is 4.22. The van der Waals surface area contributed by atoms with Crippen LogP contribution < -0.4 is 5.32 Å². The lowest BCUT2D eigenvalue weighted by Crippen LogP contribution is -2.67. The van der Waals surface area contributed by atoms with Crippen LogP contribution in [-0.2, 0) is 0 Å². The Labute approximate surface area is 123 Å². The normalized spacial score (nSPS) is 32.0. The highest BCUT2D eigenvalue weighted by atomic mass is 79.9. The van der Waals surface area contributed by atoms with Gasteiger partial charge in [-0.1, -0.05) is 28.1 Å². The van der Waals surface area contributed by atoms with Crippen LogP contribution in [0.4, 0.5) is 0 Å². The number of halogens is 1. The van der Waals surface area contributed by atoms with Crippen LogP contribution >= 0.6 is 15.9 Å². The maximum Gasteiger partial charge on any atom is 0.0593 e. The molecule has 2 heterocycles. The second-order valence-electron chi connectivity index (χ2n) is 5.54. The summed E-state index contributed by atoms with van der Waals surface area (Å²) in [4.78, 5) is 2.48. The van der Waals surface area contributed by atoms with Crippen molar-refractivity contribution in [1.29, 1.82) is 0 Å². The van der Waals surface area contributed by atoms with E-state index in [1.165, 1.54) is 18.4 Å². The van der Waals surface area contributed by atoms with E-state index >= 15 is 0 Å². The van der Waals surface area contributed by atoms with Gasteiger partial charge in [0.2, 0.25) is 0 Å². The Morgan fingerprint density at radius 2 is 2.05 bits per heavy atom. The van der Waals surface area contributed by atoms with E-state index in [4.69, 9.17) is 0 Å². The number of fused-ring (bicyclic) bond motifs is 1. The molecule has 1 aromatic carbocycles. The standard InChI is InChI=1S/C15H21BrN2O/c16-12-5-3-11(4-6-12)15-13-9-17-7-1-2-8-18(13)14(15)10-19/h3-6,13-15,17,19H,1-2,7-10H2/t13-,14+,15+/m1/s1. The zero-order valence-corrected chi connectivity index (χ0v) is 12.6. The Balaban J connectivity index is 1.81. The van der Waals surface area contributed by atoms with Gasteiger partial charge in [0.25, 0.3) is 0 Å². The summed E-state index contributed by atoms with van der Waals surface area (Å²) in [7, 11) is 0. The van der Waals surface area contributed by atoms with Crippen molar-refractivity contribution in [3.05, 3.63) is 34.3 Å². The van der Waals surface area contributed by atoms with E-state index in [2.05, 4.69) is 50.4 Å². The number of benzene rings is 1. The predicted molar refractivity (Wildman–Crippen MR) is 80.4 cm³/mol. The minimum absolute atomic E-state index is 0.261. The first-order chi connectivity index (χ1) is 9.31. The third-order valence-corrected chi connectivity index (χ3v) is 5.03. The molecule has 3 atom stereocenters. The SMILES string of the molecule is OC[C@H]1[C@@H](c2ccc(Br)cc2)[C@H]2CNCCCCN21. The fourth-order valence-electron chi connectivity index (χ4n) is 3.53. The summed E-state index contributed by atoms with van der Waals surface area (Å²) in [5.74, 6) is 0.462. The third-order valence-electron chi connectivity index (χ3n) is 4.50. The van der Waals surface area contributed by atoms with E-state index < -0.39 is 0 Å². The molecular formula is C15H21BrN2O. The lowest BCUT2D eigenvalue weighted by molar-refractivity contribution is -0.0464. The number of nitrogens with one attached hydrogen (secondary N) is 1. The summed E-state index contributed by atoms with van der Waals surface area (Å²) in [6, 6.07) is 9.41. The zero-order chi connectivity index (χ0) is 13.2. The number of hydrogen-bond donors (Lipinski definition) is 2. The first-order valence-corrected chi connectivity index (χ1v) is 7.93. The van der Waals surface area contributed by atoms with Gasteiger partial charge >= 0.3 is 0 Å². The van der Waals surface area contributed by atoms with Crippen molar-refractivity contribution < 1.29 is 5.11 Å². The topological polar surface area (TPSA) is 35.5 Å². The second kappa shape index (κ2) is 5.92. The third kappa shape index (κ3) is 2.59. The molecule has 1 aromatic rings. The maximum atomic E-state index is 9.70. The van der Waals surface area contributed by atoms with Crippen molar-refractivity contribution in [2.75, 3.05) is 26.2 Å². The van der Waals surface area contributed by atoms with Crippen LogP contribution in [0.2, 0.25) is 0 Å². The highest BCUT2D eigenvalue weighted by Gasteiger charge is 2.47. The molecule has 0 spiro atoms. The smallest absolute Gasteiger partial charge is 0.0593 e. The van der Waals surface area contributed by atoms with Crippen LogP contribution in [0.25, 0.3) is 0 Å². The molecule has 2 aliphatic heterocycles. The van der Waals surface area contributed by atoms with Crippen LogP contribution in [0, 0.1) is 0 Å². The number of hydrogen-bond acceptors (Lipinski definition) is 3. The molecule has 3 nitrogen and oxygen atoms in total. The summed E-state index contributed by atoms with van der Waals surface area (Å²) in [6.07, 6.45) is 2.47. The Morgan fingerprint density at radius 1 is 1.26 bits per heavy atom. The van der Waals surface area contributed by atoms with Gasteiger partial charge in [-0.25, -0.2) is 0 Å². The average molecular weight is 325 g/mol. The molecule has 2 saturated heterocycles. The fraction of sp³-hybridized carbons (Fsp3) is 0.600. The van der Waals surface area contributed by atoms with Gasteiger partial charge in [-0.3, -0.25) is 4.90 Å². The molecular weight excluding hydrogens is 304 g/mol. The van der Waals surface area contributed by atoms with Crippen LogP contribution in [0.5, 0.6) is 0 Å². The van der Waals surface area contributed by atoms with E-state index in [9.17, 15) is 5.11 Å². The van der Waals surface area contributed by atoms with Crippen molar-refractivity contribution in [3.63, 3.8) is 0 Å². The molecule has 0 aliphatic carbocycles. The first kappa shape index (κ1) is 13.6.